The smallest absolute Gasteiger partial charge is 0.175 e. The molecule has 164 valence electrons. The van der Waals surface area contributed by atoms with Crippen molar-refractivity contribution in [3.8, 4) is 29.1 Å². The maximum absolute atomic E-state index is 9.75. The van der Waals surface area contributed by atoms with Crippen molar-refractivity contribution in [3.63, 3.8) is 0 Å². The third kappa shape index (κ3) is 5.37. The Morgan fingerprint density at radius 3 is 2.34 bits per heavy atom. The van der Waals surface area contributed by atoms with Crippen molar-refractivity contribution in [1.82, 2.24) is 0 Å². The Kier molecular flexibility index (Phi) is 8.04. The van der Waals surface area contributed by atoms with Crippen LogP contribution in [0.5, 0.6) is 23.0 Å². The van der Waals surface area contributed by atoms with E-state index in [4.69, 9.17) is 30.5 Å². The topological polar surface area (TPSA) is 60.7 Å². The zero-order valence-corrected chi connectivity index (χ0v) is 20.2. The first kappa shape index (κ1) is 23.5. The summed E-state index contributed by atoms with van der Waals surface area (Å²) in [5.74, 6) is 2.22. The molecule has 0 amide bonds. The Bertz CT molecular complexity index is 1190. The lowest BCUT2D eigenvalue weighted by molar-refractivity contribution is 0.282. The van der Waals surface area contributed by atoms with Crippen molar-refractivity contribution in [3.05, 3.63) is 80.8 Å². The van der Waals surface area contributed by atoms with E-state index < -0.39 is 0 Å². The Balaban J connectivity index is 1.93. The van der Waals surface area contributed by atoms with E-state index in [0.717, 1.165) is 11.1 Å². The summed E-state index contributed by atoms with van der Waals surface area (Å²) in [5.41, 5.74) is 2.81. The summed E-state index contributed by atoms with van der Waals surface area (Å²) < 4.78 is 22.8. The predicted octanol–water partition coefficient (Wildman–Crippen LogP) is 6.77. The monoisotopic (exact) mass is 513 g/mol. The first-order valence-electron chi connectivity index (χ1n) is 9.58. The van der Waals surface area contributed by atoms with Gasteiger partial charge in [0.2, 0.25) is 0 Å². The Morgan fingerprint density at radius 2 is 1.69 bits per heavy atom. The third-order valence-electron chi connectivity index (χ3n) is 4.71. The number of methoxy groups -OCH3 is 3. The van der Waals surface area contributed by atoms with E-state index in [1.54, 1.807) is 39.5 Å². The zero-order valence-electron chi connectivity index (χ0n) is 17.8. The second-order valence-corrected chi connectivity index (χ2v) is 7.92. The van der Waals surface area contributed by atoms with Gasteiger partial charge in [0.15, 0.2) is 23.0 Å². The van der Waals surface area contributed by atoms with E-state index in [9.17, 15) is 5.26 Å². The Hall–Kier alpha value is -3.14. The molecule has 0 atom stereocenters. The van der Waals surface area contributed by atoms with E-state index in [1.807, 2.05) is 42.5 Å². The van der Waals surface area contributed by atoms with Crippen LogP contribution in [-0.4, -0.2) is 21.3 Å². The quantitative estimate of drug-likeness (QED) is 0.245. The van der Waals surface area contributed by atoms with E-state index in [-0.39, 0.29) is 0 Å². The first-order valence-corrected chi connectivity index (χ1v) is 10.8. The molecule has 0 saturated carbocycles. The van der Waals surface area contributed by atoms with E-state index in [1.165, 1.54) is 0 Å². The van der Waals surface area contributed by atoms with E-state index in [0.29, 0.717) is 50.2 Å². The molecule has 0 spiro atoms. The van der Waals surface area contributed by atoms with Crippen molar-refractivity contribution in [1.29, 1.82) is 5.26 Å². The van der Waals surface area contributed by atoms with Gasteiger partial charge in [0.1, 0.15) is 6.61 Å². The van der Waals surface area contributed by atoms with Gasteiger partial charge in [-0.1, -0.05) is 29.8 Å². The minimum atomic E-state index is 0.291. The molecular formula is C25H21BrClNO4. The van der Waals surface area contributed by atoms with Gasteiger partial charge in [-0.25, -0.2) is 0 Å². The summed E-state index contributed by atoms with van der Waals surface area (Å²) >= 11 is 9.78. The number of halogens is 2. The van der Waals surface area contributed by atoms with Crippen LogP contribution in [-0.2, 0) is 6.61 Å². The lowest BCUT2D eigenvalue weighted by atomic mass is 10.0. The van der Waals surface area contributed by atoms with Crippen LogP contribution in [0.2, 0.25) is 5.02 Å². The van der Waals surface area contributed by atoms with Gasteiger partial charge < -0.3 is 18.9 Å². The highest BCUT2D eigenvalue weighted by molar-refractivity contribution is 9.10. The fraction of sp³-hybridized carbons (Fsp3) is 0.160. The SMILES string of the molecule is COc1ccc(/C(C#N)=C/c2cc(Br)c(OCc3ccccc3Cl)c(OC)c2)cc1OC. The number of rotatable bonds is 8. The van der Waals surface area contributed by atoms with Gasteiger partial charge in [0, 0.05) is 10.6 Å². The van der Waals surface area contributed by atoms with Crippen LogP contribution in [0.4, 0.5) is 0 Å². The fourth-order valence-electron chi connectivity index (χ4n) is 3.08. The fourth-order valence-corrected chi connectivity index (χ4v) is 3.84. The lowest BCUT2D eigenvalue weighted by Gasteiger charge is -2.14. The van der Waals surface area contributed by atoms with Gasteiger partial charge >= 0.3 is 0 Å². The minimum absolute atomic E-state index is 0.291. The molecule has 0 aliphatic heterocycles. The lowest BCUT2D eigenvalue weighted by Crippen LogP contribution is -1.99. The largest absolute Gasteiger partial charge is 0.493 e. The molecule has 0 bridgehead atoms. The van der Waals surface area contributed by atoms with E-state index >= 15 is 0 Å². The number of benzene rings is 3. The molecule has 0 heterocycles. The molecule has 3 aromatic carbocycles. The van der Waals surface area contributed by atoms with Crippen molar-refractivity contribution in [2.75, 3.05) is 21.3 Å². The van der Waals surface area contributed by atoms with Crippen molar-refractivity contribution in [2.24, 2.45) is 0 Å². The zero-order chi connectivity index (χ0) is 23.1. The molecule has 0 N–H and O–H groups in total. The Morgan fingerprint density at radius 1 is 0.969 bits per heavy atom. The van der Waals surface area contributed by atoms with E-state index in [2.05, 4.69) is 22.0 Å². The number of ether oxygens (including phenoxy) is 4. The summed E-state index contributed by atoms with van der Waals surface area (Å²) in [6, 6.07) is 18.8. The molecule has 7 heteroatoms. The van der Waals surface area contributed by atoms with Crippen LogP contribution >= 0.6 is 27.5 Å². The number of hydrogen-bond donors (Lipinski definition) is 0. The maximum atomic E-state index is 9.75. The summed E-state index contributed by atoms with van der Waals surface area (Å²) in [7, 11) is 4.69. The highest BCUT2D eigenvalue weighted by Gasteiger charge is 2.14. The summed E-state index contributed by atoms with van der Waals surface area (Å²) in [6.07, 6.45) is 1.77. The molecule has 0 aliphatic carbocycles. The highest BCUT2D eigenvalue weighted by atomic mass is 79.9. The second kappa shape index (κ2) is 10.9. The molecule has 5 nitrogen and oxygen atoms in total. The van der Waals surface area contributed by atoms with Gasteiger partial charge in [-0.2, -0.15) is 5.26 Å². The molecule has 32 heavy (non-hydrogen) atoms. The van der Waals surface area contributed by atoms with Crippen LogP contribution in [0.15, 0.2) is 59.1 Å². The van der Waals surface area contributed by atoms with Gasteiger partial charge in [0.05, 0.1) is 37.4 Å². The number of allylic oxidation sites excluding steroid dienone is 1. The van der Waals surface area contributed by atoms with Crippen LogP contribution in [0.25, 0.3) is 11.6 Å². The van der Waals surface area contributed by atoms with Crippen LogP contribution in [0.3, 0.4) is 0 Å². The third-order valence-corrected chi connectivity index (χ3v) is 5.67. The van der Waals surface area contributed by atoms with Gasteiger partial charge in [-0.05, 0) is 69.5 Å². The normalized spacial score (nSPS) is 10.9. The Labute approximate surface area is 200 Å². The van der Waals surface area contributed by atoms with Gasteiger partial charge in [0.25, 0.3) is 0 Å². The molecular weight excluding hydrogens is 494 g/mol. The van der Waals surface area contributed by atoms with Gasteiger partial charge in [-0.15, -0.1) is 0 Å². The predicted molar refractivity (Wildman–Crippen MR) is 130 cm³/mol. The minimum Gasteiger partial charge on any atom is -0.493 e. The molecule has 3 aromatic rings. The molecule has 0 radical (unpaired) electrons. The average molecular weight is 515 g/mol. The molecule has 0 aliphatic rings. The molecule has 0 saturated heterocycles. The summed E-state index contributed by atoms with van der Waals surface area (Å²) in [6.45, 7) is 0.291. The average Bonchev–Trinajstić information content (AvgIpc) is 2.82. The van der Waals surface area contributed by atoms with Crippen molar-refractivity contribution < 1.29 is 18.9 Å². The number of hydrogen-bond acceptors (Lipinski definition) is 5. The van der Waals surface area contributed by atoms with Gasteiger partial charge in [-0.3, -0.25) is 0 Å². The van der Waals surface area contributed by atoms with Crippen LogP contribution in [0.1, 0.15) is 16.7 Å². The summed E-state index contributed by atoms with van der Waals surface area (Å²) in [5, 5.41) is 10.4. The number of nitriles is 1. The molecule has 3 rings (SSSR count). The first-order chi connectivity index (χ1) is 15.5. The van der Waals surface area contributed by atoms with Crippen LogP contribution in [0, 0.1) is 11.3 Å². The standard InChI is InChI=1S/C25H21BrClNO4/c1-29-22-9-8-17(13-23(22)30-2)19(14-28)10-16-11-20(26)25(24(12-16)31-3)32-15-18-6-4-5-7-21(18)27/h4-13H,15H2,1-3H3/b19-10+. The maximum Gasteiger partial charge on any atom is 0.175 e. The summed E-state index contributed by atoms with van der Waals surface area (Å²) in [4.78, 5) is 0. The second-order valence-electron chi connectivity index (χ2n) is 6.65. The van der Waals surface area contributed by atoms with Crippen molar-refractivity contribution in [2.45, 2.75) is 6.61 Å². The molecule has 0 aromatic heterocycles. The highest BCUT2D eigenvalue weighted by Crippen LogP contribution is 2.39. The number of nitrogens with zero attached hydrogens (tertiary/aromatic N) is 1. The molecule has 0 fully saturated rings. The molecule has 0 unspecified atom stereocenters. The van der Waals surface area contributed by atoms with Crippen LogP contribution < -0.4 is 18.9 Å². The van der Waals surface area contributed by atoms with Crippen molar-refractivity contribution >= 4 is 39.2 Å².